The lowest BCUT2D eigenvalue weighted by Crippen LogP contribution is -2.53. The Bertz CT molecular complexity index is 260. The molecule has 0 saturated carbocycles. The lowest BCUT2D eigenvalue weighted by molar-refractivity contribution is -0.124. The van der Waals surface area contributed by atoms with Crippen molar-refractivity contribution < 1.29 is 14.3 Å². The van der Waals surface area contributed by atoms with Gasteiger partial charge in [-0.2, -0.15) is 0 Å². The van der Waals surface area contributed by atoms with Crippen LogP contribution in [0.4, 0.5) is 0 Å². The Kier molecular flexibility index (Phi) is 10.7. The van der Waals surface area contributed by atoms with Gasteiger partial charge in [0.2, 0.25) is 5.91 Å². The molecule has 1 unspecified atom stereocenters. The zero-order chi connectivity index (χ0) is 15.4. The Morgan fingerprint density at radius 2 is 1.90 bits per heavy atom. The fourth-order valence-corrected chi connectivity index (χ4v) is 1.77. The Balaban J connectivity index is 3.66. The van der Waals surface area contributed by atoms with Gasteiger partial charge in [-0.05, 0) is 38.6 Å². The van der Waals surface area contributed by atoms with Gasteiger partial charge in [0.25, 0.3) is 0 Å². The topological polar surface area (TPSA) is 73.6 Å². The van der Waals surface area contributed by atoms with Gasteiger partial charge in [0.15, 0.2) is 0 Å². The third kappa shape index (κ3) is 9.28. The van der Waals surface area contributed by atoms with Crippen LogP contribution in [-0.2, 0) is 14.3 Å². The summed E-state index contributed by atoms with van der Waals surface area (Å²) in [5.74, 6) is 0.252. The van der Waals surface area contributed by atoms with Crippen LogP contribution < -0.4 is 11.1 Å². The van der Waals surface area contributed by atoms with Crippen molar-refractivity contribution >= 4 is 5.91 Å². The van der Waals surface area contributed by atoms with Crippen LogP contribution in [0, 0.1) is 5.92 Å². The molecule has 0 aliphatic carbocycles. The second-order valence-corrected chi connectivity index (χ2v) is 5.81. The number of rotatable bonds is 13. The molecule has 0 aromatic carbocycles. The van der Waals surface area contributed by atoms with E-state index in [4.69, 9.17) is 15.2 Å². The number of hydrogen-bond acceptors (Lipinski definition) is 4. The van der Waals surface area contributed by atoms with Crippen molar-refractivity contribution in [3.63, 3.8) is 0 Å². The summed E-state index contributed by atoms with van der Waals surface area (Å²) in [4.78, 5) is 11.5. The third-order valence-corrected chi connectivity index (χ3v) is 3.10. The van der Waals surface area contributed by atoms with Gasteiger partial charge in [-0.15, -0.1) is 0 Å². The van der Waals surface area contributed by atoms with Gasteiger partial charge in [-0.25, -0.2) is 0 Å². The van der Waals surface area contributed by atoms with Crippen molar-refractivity contribution in [3.05, 3.63) is 0 Å². The van der Waals surface area contributed by atoms with E-state index in [1.807, 2.05) is 6.92 Å². The van der Waals surface area contributed by atoms with Crippen molar-refractivity contribution in [1.29, 1.82) is 0 Å². The number of nitrogens with one attached hydrogen (secondary N) is 1. The highest BCUT2D eigenvalue weighted by Gasteiger charge is 2.29. The number of carbonyl (C=O) groups is 1. The van der Waals surface area contributed by atoms with Gasteiger partial charge in [0, 0.05) is 13.2 Å². The summed E-state index contributed by atoms with van der Waals surface area (Å²) in [7, 11) is 0. The molecule has 120 valence electrons. The van der Waals surface area contributed by atoms with Crippen LogP contribution in [0.25, 0.3) is 0 Å². The van der Waals surface area contributed by atoms with Crippen molar-refractivity contribution in [2.24, 2.45) is 11.7 Å². The summed E-state index contributed by atoms with van der Waals surface area (Å²) >= 11 is 0. The van der Waals surface area contributed by atoms with Crippen molar-refractivity contribution in [2.75, 3.05) is 33.0 Å². The van der Waals surface area contributed by atoms with Crippen LogP contribution in [-0.4, -0.2) is 44.4 Å². The molecule has 0 bridgehead atoms. The van der Waals surface area contributed by atoms with Crippen LogP contribution in [0.15, 0.2) is 0 Å². The van der Waals surface area contributed by atoms with E-state index in [2.05, 4.69) is 26.1 Å². The molecule has 0 aromatic rings. The number of carbonyl (C=O) groups excluding carboxylic acids is 1. The summed E-state index contributed by atoms with van der Waals surface area (Å²) in [6.45, 7) is 11.6. The Labute approximate surface area is 123 Å². The summed E-state index contributed by atoms with van der Waals surface area (Å²) in [5, 5.41) is 3.21. The van der Waals surface area contributed by atoms with E-state index >= 15 is 0 Å². The molecule has 0 fully saturated rings. The minimum absolute atomic E-state index is 0.300. The summed E-state index contributed by atoms with van der Waals surface area (Å²) in [5.41, 5.74) is 4.83. The smallest absolute Gasteiger partial charge is 0.237 e. The zero-order valence-corrected chi connectivity index (χ0v) is 13.5. The molecule has 5 heteroatoms. The van der Waals surface area contributed by atoms with Crippen LogP contribution in [0.1, 0.15) is 47.0 Å². The summed E-state index contributed by atoms with van der Waals surface area (Å²) in [6.07, 6.45) is 2.47. The first-order valence-corrected chi connectivity index (χ1v) is 7.62. The molecule has 20 heavy (non-hydrogen) atoms. The van der Waals surface area contributed by atoms with Gasteiger partial charge in [-0.1, -0.05) is 20.8 Å². The third-order valence-electron chi connectivity index (χ3n) is 3.10. The average molecular weight is 288 g/mol. The van der Waals surface area contributed by atoms with E-state index in [1.54, 1.807) is 0 Å². The van der Waals surface area contributed by atoms with Crippen LogP contribution >= 0.6 is 0 Å². The normalized spacial score (nSPS) is 14.4. The molecule has 0 radical (unpaired) electrons. The first-order chi connectivity index (χ1) is 9.42. The minimum atomic E-state index is -0.631. The van der Waals surface area contributed by atoms with E-state index in [1.165, 1.54) is 0 Å². The van der Waals surface area contributed by atoms with Crippen LogP contribution in [0.3, 0.4) is 0 Å². The molecule has 5 nitrogen and oxygen atoms in total. The van der Waals surface area contributed by atoms with Crippen molar-refractivity contribution in [2.45, 2.75) is 52.5 Å². The lowest BCUT2D eigenvalue weighted by Gasteiger charge is -2.27. The highest BCUT2D eigenvalue weighted by molar-refractivity contribution is 5.84. The van der Waals surface area contributed by atoms with Gasteiger partial charge in [0.1, 0.15) is 0 Å². The molecular weight excluding hydrogens is 256 g/mol. The second-order valence-electron chi connectivity index (χ2n) is 5.81. The fourth-order valence-electron chi connectivity index (χ4n) is 1.77. The molecule has 0 aromatic heterocycles. The van der Waals surface area contributed by atoms with E-state index in [0.717, 1.165) is 26.0 Å². The molecule has 0 aliphatic heterocycles. The summed E-state index contributed by atoms with van der Waals surface area (Å²) in [6, 6.07) is 0. The summed E-state index contributed by atoms with van der Waals surface area (Å²) < 4.78 is 10.9. The molecule has 0 spiro atoms. The maximum absolute atomic E-state index is 11.5. The maximum atomic E-state index is 11.5. The standard InChI is InChI=1S/C15H32N2O3/c1-5-8-17-15(4,14(16)18)7-6-9-19-10-11-20-12-13(2)3/h13,17H,5-12H2,1-4H3,(H2,16,18). The first kappa shape index (κ1) is 19.4. The minimum Gasteiger partial charge on any atom is -0.379 e. The number of nitrogens with two attached hydrogens (primary N) is 1. The van der Waals surface area contributed by atoms with Crippen molar-refractivity contribution in [1.82, 2.24) is 5.32 Å². The molecule has 1 amide bonds. The number of primary amides is 1. The fraction of sp³-hybridized carbons (Fsp3) is 0.933. The maximum Gasteiger partial charge on any atom is 0.237 e. The van der Waals surface area contributed by atoms with Gasteiger partial charge < -0.3 is 20.5 Å². The molecule has 1 atom stereocenters. The van der Waals surface area contributed by atoms with Crippen LogP contribution in [0.2, 0.25) is 0 Å². The monoisotopic (exact) mass is 288 g/mol. The van der Waals surface area contributed by atoms with E-state index in [-0.39, 0.29) is 5.91 Å². The Hall–Kier alpha value is -0.650. The largest absolute Gasteiger partial charge is 0.379 e. The predicted octanol–water partition coefficient (Wildman–Crippen LogP) is 1.70. The van der Waals surface area contributed by atoms with Gasteiger partial charge >= 0.3 is 0 Å². The Morgan fingerprint density at radius 3 is 2.45 bits per heavy atom. The molecule has 0 aliphatic rings. The Morgan fingerprint density at radius 1 is 1.25 bits per heavy atom. The van der Waals surface area contributed by atoms with E-state index < -0.39 is 5.54 Å². The SMILES string of the molecule is CCCNC(C)(CCCOCCOCC(C)C)C(N)=O. The molecule has 0 heterocycles. The molecule has 0 saturated heterocycles. The predicted molar refractivity (Wildman–Crippen MR) is 81.6 cm³/mol. The zero-order valence-electron chi connectivity index (χ0n) is 13.5. The van der Waals surface area contributed by atoms with E-state index in [9.17, 15) is 4.79 Å². The number of ether oxygens (including phenoxy) is 2. The number of hydrogen-bond donors (Lipinski definition) is 2. The van der Waals surface area contributed by atoms with E-state index in [0.29, 0.717) is 32.2 Å². The molecule has 3 N–H and O–H groups in total. The molecule has 0 rings (SSSR count). The second kappa shape index (κ2) is 11.1. The average Bonchev–Trinajstić information content (AvgIpc) is 2.39. The van der Waals surface area contributed by atoms with Gasteiger partial charge in [-0.3, -0.25) is 4.79 Å². The molecular formula is C15H32N2O3. The number of amides is 1. The highest BCUT2D eigenvalue weighted by Crippen LogP contribution is 2.12. The quantitative estimate of drug-likeness (QED) is 0.506. The van der Waals surface area contributed by atoms with Crippen LogP contribution in [0.5, 0.6) is 0 Å². The highest BCUT2D eigenvalue weighted by atomic mass is 16.5. The first-order valence-electron chi connectivity index (χ1n) is 7.62. The lowest BCUT2D eigenvalue weighted by atomic mass is 9.95. The van der Waals surface area contributed by atoms with Crippen molar-refractivity contribution in [3.8, 4) is 0 Å². The van der Waals surface area contributed by atoms with Gasteiger partial charge in [0.05, 0.1) is 18.8 Å².